The highest BCUT2D eigenvalue weighted by atomic mass is 32.1. The van der Waals surface area contributed by atoms with Gasteiger partial charge in [0.15, 0.2) is 0 Å². The van der Waals surface area contributed by atoms with Crippen molar-refractivity contribution in [1.82, 2.24) is 4.90 Å². The second-order valence-electron chi connectivity index (χ2n) is 5.08. The maximum Gasteiger partial charge on any atom is 0.225 e. The van der Waals surface area contributed by atoms with Crippen molar-refractivity contribution >= 4 is 17.2 Å². The van der Waals surface area contributed by atoms with Crippen LogP contribution in [-0.4, -0.2) is 22.9 Å². The van der Waals surface area contributed by atoms with Gasteiger partial charge < -0.3 is 10.6 Å². The van der Waals surface area contributed by atoms with Gasteiger partial charge in [0.05, 0.1) is 6.04 Å². The van der Waals surface area contributed by atoms with Crippen molar-refractivity contribution in [2.24, 2.45) is 5.73 Å². The Hall–Kier alpha value is -0.870. The van der Waals surface area contributed by atoms with Gasteiger partial charge in [0, 0.05) is 28.3 Å². The van der Waals surface area contributed by atoms with E-state index in [1.165, 1.54) is 15.3 Å². The Labute approximate surface area is 107 Å². The monoisotopic (exact) mass is 252 g/mol. The van der Waals surface area contributed by atoms with Gasteiger partial charge in [0.2, 0.25) is 5.91 Å². The molecule has 0 aliphatic carbocycles. The highest BCUT2D eigenvalue weighted by molar-refractivity contribution is 7.12. The van der Waals surface area contributed by atoms with Crippen molar-refractivity contribution in [2.45, 2.75) is 52.2 Å². The molecule has 0 aromatic carbocycles. The maximum atomic E-state index is 12.0. The zero-order chi connectivity index (χ0) is 12.7. The van der Waals surface area contributed by atoms with Crippen LogP contribution in [0.1, 0.15) is 41.6 Å². The lowest BCUT2D eigenvalue weighted by molar-refractivity contribution is -0.130. The molecule has 1 aliphatic rings. The zero-order valence-electron chi connectivity index (χ0n) is 10.9. The van der Waals surface area contributed by atoms with Crippen LogP contribution in [0.15, 0.2) is 6.07 Å². The predicted octanol–water partition coefficient (Wildman–Crippen LogP) is 2.37. The summed E-state index contributed by atoms with van der Waals surface area (Å²) in [6, 6.07) is 2.38. The number of aryl methyl sites for hydroxylation is 2. The van der Waals surface area contributed by atoms with E-state index in [9.17, 15) is 4.79 Å². The lowest BCUT2D eigenvalue weighted by Crippen LogP contribution is -2.37. The van der Waals surface area contributed by atoms with Crippen molar-refractivity contribution in [2.75, 3.05) is 0 Å². The standard InChI is InChI=1S/C13H20N2OS/c1-7(2)15-12(16)6-11(14)13(15)10-5-8(3)17-9(10)4/h5,7,11,13H,6,14H2,1-4H3. The molecular formula is C13H20N2OS. The average Bonchev–Trinajstić information content (AvgIpc) is 2.66. The topological polar surface area (TPSA) is 46.3 Å². The van der Waals surface area contributed by atoms with Crippen LogP contribution in [0, 0.1) is 13.8 Å². The number of carbonyl (C=O) groups is 1. The molecule has 2 N–H and O–H groups in total. The Morgan fingerprint density at radius 3 is 2.59 bits per heavy atom. The van der Waals surface area contributed by atoms with E-state index in [-0.39, 0.29) is 24.0 Å². The lowest BCUT2D eigenvalue weighted by Gasteiger charge is -2.30. The molecule has 2 rings (SSSR count). The molecule has 94 valence electrons. The first-order chi connectivity index (χ1) is 7.91. The Morgan fingerprint density at radius 2 is 2.12 bits per heavy atom. The fourth-order valence-corrected chi connectivity index (χ4v) is 3.68. The Bertz CT molecular complexity index is 439. The normalized spacial score (nSPS) is 25.1. The maximum absolute atomic E-state index is 12.0. The van der Waals surface area contributed by atoms with Gasteiger partial charge in [-0.15, -0.1) is 11.3 Å². The van der Waals surface area contributed by atoms with Crippen molar-refractivity contribution in [3.05, 3.63) is 21.4 Å². The molecule has 2 unspecified atom stereocenters. The molecule has 1 aromatic rings. The summed E-state index contributed by atoms with van der Waals surface area (Å²) in [5.74, 6) is 0.181. The fourth-order valence-electron chi connectivity index (χ4n) is 2.71. The number of likely N-dealkylation sites (tertiary alicyclic amines) is 1. The molecule has 0 spiro atoms. The van der Waals surface area contributed by atoms with E-state index in [2.05, 4.69) is 33.8 Å². The molecule has 0 bridgehead atoms. The van der Waals surface area contributed by atoms with Gasteiger partial charge in [0.25, 0.3) is 0 Å². The van der Waals surface area contributed by atoms with Crippen molar-refractivity contribution < 1.29 is 4.79 Å². The summed E-state index contributed by atoms with van der Waals surface area (Å²) in [7, 11) is 0. The van der Waals surface area contributed by atoms with Crippen LogP contribution in [0.2, 0.25) is 0 Å². The number of carbonyl (C=O) groups excluding carboxylic acids is 1. The molecule has 4 heteroatoms. The zero-order valence-corrected chi connectivity index (χ0v) is 11.7. The average molecular weight is 252 g/mol. The van der Waals surface area contributed by atoms with Gasteiger partial charge in [-0.2, -0.15) is 0 Å². The van der Waals surface area contributed by atoms with Crippen LogP contribution >= 0.6 is 11.3 Å². The predicted molar refractivity (Wildman–Crippen MR) is 71.1 cm³/mol. The third-order valence-corrected chi connectivity index (χ3v) is 4.34. The van der Waals surface area contributed by atoms with Gasteiger partial charge in [-0.1, -0.05) is 0 Å². The lowest BCUT2D eigenvalue weighted by atomic mass is 10.0. The van der Waals surface area contributed by atoms with E-state index in [4.69, 9.17) is 5.73 Å². The fraction of sp³-hybridized carbons (Fsp3) is 0.615. The first-order valence-corrected chi connectivity index (χ1v) is 6.87. The molecule has 1 saturated heterocycles. The van der Waals surface area contributed by atoms with Crippen LogP contribution in [0.25, 0.3) is 0 Å². The van der Waals surface area contributed by atoms with Crippen LogP contribution in [-0.2, 0) is 4.79 Å². The third-order valence-electron chi connectivity index (χ3n) is 3.36. The number of hydrogen-bond donors (Lipinski definition) is 1. The van der Waals surface area contributed by atoms with E-state index in [1.807, 2.05) is 4.90 Å². The summed E-state index contributed by atoms with van der Waals surface area (Å²) in [4.78, 5) is 16.5. The van der Waals surface area contributed by atoms with E-state index < -0.39 is 0 Å². The van der Waals surface area contributed by atoms with E-state index in [0.29, 0.717) is 6.42 Å². The van der Waals surface area contributed by atoms with E-state index >= 15 is 0 Å². The highest BCUT2D eigenvalue weighted by Crippen LogP contribution is 2.38. The molecule has 1 fully saturated rings. The molecule has 17 heavy (non-hydrogen) atoms. The van der Waals surface area contributed by atoms with Crippen LogP contribution in [0.3, 0.4) is 0 Å². The van der Waals surface area contributed by atoms with E-state index in [0.717, 1.165) is 0 Å². The van der Waals surface area contributed by atoms with Gasteiger partial charge in [-0.3, -0.25) is 4.79 Å². The molecule has 3 nitrogen and oxygen atoms in total. The summed E-state index contributed by atoms with van der Waals surface area (Å²) >= 11 is 1.78. The first-order valence-electron chi connectivity index (χ1n) is 6.05. The SMILES string of the molecule is Cc1cc(C2C(N)CC(=O)N2C(C)C)c(C)s1. The number of nitrogens with two attached hydrogens (primary N) is 1. The van der Waals surface area contributed by atoms with Gasteiger partial charge in [0.1, 0.15) is 0 Å². The summed E-state index contributed by atoms with van der Waals surface area (Å²) in [6.07, 6.45) is 0.469. The second kappa shape index (κ2) is 4.42. The quantitative estimate of drug-likeness (QED) is 0.878. The van der Waals surface area contributed by atoms with Gasteiger partial charge in [-0.05, 0) is 39.3 Å². The highest BCUT2D eigenvalue weighted by Gasteiger charge is 2.40. The largest absolute Gasteiger partial charge is 0.332 e. The molecular weight excluding hydrogens is 232 g/mol. The smallest absolute Gasteiger partial charge is 0.225 e. The Kier molecular flexibility index (Phi) is 3.27. The van der Waals surface area contributed by atoms with Crippen molar-refractivity contribution in [3.63, 3.8) is 0 Å². The summed E-state index contributed by atoms with van der Waals surface area (Å²) in [5.41, 5.74) is 7.39. The number of hydrogen-bond acceptors (Lipinski definition) is 3. The van der Waals surface area contributed by atoms with Gasteiger partial charge >= 0.3 is 0 Å². The molecule has 0 radical (unpaired) electrons. The Morgan fingerprint density at radius 1 is 1.47 bits per heavy atom. The molecule has 2 heterocycles. The first kappa shape index (κ1) is 12.6. The Balaban J connectivity index is 2.41. The molecule has 1 aliphatic heterocycles. The minimum atomic E-state index is -0.0717. The minimum Gasteiger partial charge on any atom is -0.332 e. The van der Waals surface area contributed by atoms with Crippen LogP contribution < -0.4 is 5.73 Å². The van der Waals surface area contributed by atoms with Crippen molar-refractivity contribution in [1.29, 1.82) is 0 Å². The number of thiophene rings is 1. The van der Waals surface area contributed by atoms with Crippen LogP contribution in [0.4, 0.5) is 0 Å². The number of amides is 1. The summed E-state index contributed by atoms with van der Waals surface area (Å²) in [5, 5.41) is 0. The summed E-state index contributed by atoms with van der Waals surface area (Å²) in [6.45, 7) is 8.32. The second-order valence-corrected chi connectivity index (χ2v) is 6.54. The van der Waals surface area contributed by atoms with Crippen molar-refractivity contribution in [3.8, 4) is 0 Å². The molecule has 1 amide bonds. The van der Waals surface area contributed by atoms with Crippen LogP contribution in [0.5, 0.6) is 0 Å². The number of nitrogens with zero attached hydrogens (tertiary/aromatic N) is 1. The summed E-state index contributed by atoms with van der Waals surface area (Å²) < 4.78 is 0. The molecule has 1 aromatic heterocycles. The number of rotatable bonds is 2. The molecule has 0 saturated carbocycles. The van der Waals surface area contributed by atoms with Gasteiger partial charge in [-0.25, -0.2) is 0 Å². The third kappa shape index (κ3) is 2.11. The minimum absolute atomic E-state index is 0.0625. The van der Waals surface area contributed by atoms with E-state index in [1.54, 1.807) is 11.3 Å². The molecule has 2 atom stereocenters.